The van der Waals surface area contributed by atoms with Crippen LogP contribution < -0.4 is 10.1 Å². The maximum atomic E-state index is 8.63. The summed E-state index contributed by atoms with van der Waals surface area (Å²) >= 11 is 0. The van der Waals surface area contributed by atoms with E-state index in [1.165, 1.54) is 0 Å². The van der Waals surface area contributed by atoms with Crippen molar-refractivity contribution in [3.8, 4) is 5.75 Å². The smallest absolute Gasteiger partial charge is 0.126 e. The van der Waals surface area contributed by atoms with Crippen molar-refractivity contribution in [3.05, 3.63) is 53.1 Å². The van der Waals surface area contributed by atoms with Crippen LogP contribution in [-0.4, -0.2) is 47.7 Å². The van der Waals surface area contributed by atoms with E-state index in [0.29, 0.717) is 17.1 Å². The summed E-state index contributed by atoms with van der Waals surface area (Å²) in [7, 11) is 3.65. The molecule has 140 valence electrons. The van der Waals surface area contributed by atoms with Gasteiger partial charge in [0.25, 0.3) is 0 Å². The van der Waals surface area contributed by atoms with Crippen LogP contribution in [0.15, 0.2) is 35.6 Å². The normalized spacial score (nSPS) is 12.9. The number of nitrogens with one attached hydrogen (secondary N) is 1. The van der Waals surface area contributed by atoms with Crippen LogP contribution in [0, 0.1) is 6.92 Å². The minimum atomic E-state index is -0.0249. The van der Waals surface area contributed by atoms with E-state index < -0.39 is 0 Å². The first-order chi connectivity index (χ1) is 12.6. The van der Waals surface area contributed by atoms with Gasteiger partial charge >= 0.3 is 0 Å². The van der Waals surface area contributed by atoms with Crippen LogP contribution in [0.2, 0.25) is 0 Å². The second kappa shape index (κ2) is 9.96. The second-order valence-electron chi connectivity index (χ2n) is 6.04. The molecule has 0 aliphatic rings. The molecule has 0 amide bonds. The lowest BCUT2D eigenvalue weighted by molar-refractivity contribution is -0.253. The third-order valence-corrected chi connectivity index (χ3v) is 3.97. The topological polar surface area (TPSA) is 88.9 Å². The zero-order valence-corrected chi connectivity index (χ0v) is 15.7. The van der Waals surface area contributed by atoms with Crippen LogP contribution in [-0.2, 0) is 11.5 Å². The van der Waals surface area contributed by atoms with Crippen LogP contribution in [0.5, 0.6) is 5.75 Å². The highest BCUT2D eigenvalue weighted by atomic mass is 17.1. The number of hydrogen-bond donors (Lipinski definition) is 2. The van der Waals surface area contributed by atoms with Crippen molar-refractivity contribution in [3.63, 3.8) is 0 Å². The van der Waals surface area contributed by atoms with Gasteiger partial charge < -0.3 is 10.1 Å². The molecule has 2 N–H and O–H groups in total. The summed E-state index contributed by atoms with van der Waals surface area (Å²) in [6.07, 6.45) is 4.21. The molecule has 1 aromatic heterocycles. The number of rotatable bonds is 9. The van der Waals surface area contributed by atoms with Gasteiger partial charge in [0.15, 0.2) is 0 Å². The van der Waals surface area contributed by atoms with E-state index in [4.69, 9.17) is 9.99 Å². The van der Waals surface area contributed by atoms with Crippen molar-refractivity contribution < 1.29 is 14.9 Å². The highest BCUT2D eigenvalue weighted by Gasteiger charge is 2.14. The summed E-state index contributed by atoms with van der Waals surface area (Å²) in [6.45, 7) is 4.94. The quantitative estimate of drug-likeness (QED) is 0.407. The lowest BCUT2D eigenvalue weighted by atomic mass is 10.0. The number of ether oxygens (including phenoxy) is 1. The summed E-state index contributed by atoms with van der Waals surface area (Å²) in [5.41, 5.74) is 3.85. The van der Waals surface area contributed by atoms with E-state index in [-0.39, 0.29) is 12.7 Å². The van der Waals surface area contributed by atoms with Gasteiger partial charge in [-0.1, -0.05) is 6.07 Å². The van der Waals surface area contributed by atoms with E-state index in [9.17, 15) is 0 Å². The Morgan fingerprint density at radius 3 is 2.85 bits per heavy atom. The maximum Gasteiger partial charge on any atom is 0.126 e. The molecule has 0 aliphatic heterocycles. The monoisotopic (exact) mass is 358 g/mol. The zero-order valence-electron chi connectivity index (χ0n) is 15.7. The summed E-state index contributed by atoms with van der Waals surface area (Å²) in [6, 6.07) is 5.95. The maximum absolute atomic E-state index is 8.63. The van der Waals surface area contributed by atoms with Crippen LogP contribution in [0.1, 0.15) is 35.9 Å². The van der Waals surface area contributed by atoms with Crippen LogP contribution >= 0.6 is 0 Å². The van der Waals surface area contributed by atoms with Gasteiger partial charge in [-0.2, -0.15) is 0 Å². The molecule has 0 saturated heterocycles. The molecule has 7 heteroatoms. The van der Waals surface area contributed by atoms with Gasteiger partial charge in [0.1, 0.15) is 18.1 Å². The molecule has 1 unspecified atom stereocenters. The molecule has 0 aliphatic carbocycles. The van der Waals surface area contributed by atoms with Crippen molar-refractivity contribution in [2.75, 3.05) is 20.6 Å². The number of hydrogen-bond acceptors (Lipinski definition) is 7. The van der Waals surface area contributed by atoms with Gasteiger partial charge in [-0.25, -0.2) is 9.87 Å². The van der Waals surface area contributed by atoms with Crippen molar-refractivity contribution in [2.24, 2.45) is 4.99 Å². The lowest BCUT2D eigenvalue weighted by Gasteiger charge is -2.17. The summed E-state index contributed by atoms with van der Waals surface area (Å²) < 4.78 is 6.02. The van der Waals surface area contributed by atoms with Crippen molar-refractivity contribution in [1.29, 1.82) is 0 Å². The second-order valence-corrected chi connectivity index (χ2v) is 6.04. The highest BCUT2D eigenvalue weighted by molar-refractivity contribution is 6.12. The molecule has 0 fully saturated rings. The molecule has 0 spiro atoms. The molecule has 0 bridgehead atoms. The Kier molecular flexibility index (Phi) is 7.65. The summed E-state index contributed by atoms with van der Waals surface area (Å²) in [5, 5.41) is 11.8. The van der Waals surface area contributed by atoms with Gasteiger partial charge in [0.05, 0.1) is 29.9 Å². The highest BCUT2D eigenvalue weighted by Crippen LogP contribution is 2.22. The van der Waals surface area contributed by atoms with E-state index in [1.54, 1.807) is 19.4 Å². The van der Waals surface area contributed by atoms with E-state index >= 15 is 0 Å². The molecule has 1 heterocycles. The molecule has 1 atom stereocenters. The number of aryl methyl sites for hydroxylation is 1. The van der Waals surface area contributed by atoms with Crippen molar-refractivity contribution in [2.45, 2.75) is 33.0 Å². The molecule has 2 rings (SSSR count). The number of aliphatic imine (C=N–C) groups is 1. The molecule has 0 saturated carbocycles. The molecule has 0 radical (unpaired) electrons. The summed E-state index contributed by atoms with van der Waals surface area (Å²) in [5.74, 6) is 0.790. The van der Waals surface area contributed by atoms with E-state index in [2.05, 4.69) is 32.1 Å². The zero-order chi connectivity index (χ0) is 18.9. The molecular formula is C19H26N4O3. The van der Waals surface area contributed by atoms with E-state index in [1.807, 2.05) is 32.2 Å². The van der Waals surface area contributed by atoms with Crippen LogP contribution in [0.3, 0.4) is 0 Å². The number of benzene rings is 1. The Balaban J connectivity index is 2.30. The molecule has 7 nitrogen and oxygen atoms in total. The Bertz CT molecular complexity index is 749. The SMILES string of the molecule is C/N=C(/c1cncc(COO)n1)c1cc(OC(C)CCNC)ccc1C. The first-order valence-corrected chi connectivity index (χ1v) is 8.55. The molecule has 26 heavy (non-hydrogen) atoms. The van der Waals surface area contributed by atoms with Gasteiger partial charge in [0, 0.05) is 12.6 Å². The van der Waals surface area contributed by atoms with Gasteiger partial charge in [0.2, 0.25) is 0 Å². The summed E-state index contributed by atoms with van der Waals surface area (Å²) in [4.78, 5) is 17.2. The molecular weight excluding hydrogens is 332 g/mol. The minimum absolute atomic E-state index is 0.0249. The predicted molar refractivity (Wildman–Crippen MR) is 101 cm³/mol. The minimum Gasteiger partial charge on any atom is -0.491 e. The Labute approximate surface area is 154 Å². The van der Waals surface area contributed by atoms with Gasteiger partial charge in [-0.3, -0.25) is 15.2 Å². The lowest BCUT2D eigenvalue weighted by Crippen LogP contribution is -2.19. The average Bonchev–Trinajstić information content (AvgIpc) is 2.64. The van der Waals surface area contributed by atoms with Crippen molar-refractivity contribution in [1.82, 2.24) is 15.3 Å². The van der Waals surface area contributed by atoms with Gasteiger partial charge in [-0.15, -0.1) is 0 Å². The fourth-order valence-corrected chi connectivity index (χ4v) is 2.60. The average molecular weight is 358 g/mol. The Morgan fingerprint density at radius 2 is 2.15 bits per heavy atom. The first-order valence-electron chi connectivity index (χ1n) is 8.55. The van der Waals surface area contributed by atoms with Crippen LogP contribution in [0.25, 0.3) is 0 Å². The fourth-order valence-electron chi connectivity index (χ4n) is 2.60. The Morgan fingerprint density at radius 1 is 1.35 bits per heavy atom. The molecule has 2 aromatic rings. The molecule has 1 aromatic carbocycles. The third-order valence-electron chi connectivity index (χ3n) is 3.97. The van der Waals surface area contributed by atoms with Gasteiger partial charge in [-0.05, 0) is 51.6 Å². The largest absolute Gasteiger partial charge is 0.491 e. The van der Waals surface area contributed by atoms with Crippen LogP contribution in [0.4, 0.5) is 0 Å². The standard InChI is InChI=1S/C19H26N4O3/c1-13-5-6-16(26-14(2)7-8-20-3)9-17(13)19(21-4)18-11-22-10-15(23-18)12-25-24/h5-6,9-11,14,20,24H,7-8,12H2,1-4H3/b21-19+. The third kappa shape index (κ3) is 5.32. The predicted octanol–water partition coefficient (Wildman–Crippen LogP) is 2.62. The van der Waals surface area contributed by atoms with Crippen molar-refractivity contribution >= 4 is 5.71 Å². The Hall–Kier alpha value is -2.35. The fraction of sp³-hybridized carbons (Fsp3) is 0.421. The number of nitrogens with zero attached hydrogens (tertiary/aromatic N) is 3. The number of aromatic nitrogens is 2. The van der Waals surface area contributed by atoms with E-state index in [0.717, 1.165) is 29.8 Å². The first kappa shape index (κ1) is 20.0.